The maximum absolute atomic E-state index is 12.4. The standard InChI is InChI=1S/C18H27ClN4O3/c1-4-5-8-23-18(19)15(14(2)20-23)6-7-16(24)21-9-11-22(12-10-21)17(25)13-26-3/h6-7H,4-5,8-13H2,1-3H3/b7-6+. The van der Waals surface area contributed by atoms with Gasteiger partial charge in [0.1, 0.15) is 11.8 Å². The molecule has 2 amide bonds. The molecule has 2 rings (SSSR count). The topological polar surface area (TPSA) is 67.7 Å². The Morgan fingerprint density at radius 1 is 1.23 bits per heavy atom. The zero-order chi connectivity index (χ0) is 19.1. The average molecular weight is 383 g/mol. The number of rotatable bonds is 7. The summed E-state index contributed by atoms with van der Waals surface area (Å²) in [6.07, 6.45) is 5.34. The number of nitrogens with zero attached hydrogens (tertiary/aromatic N) is 4. The molecule has 2 heterocycles. The van der Waals surface area contributed by atoms with E-state index in [-0.39, 0.29) is 18.4 Å². The number of carbonyl (C=O) groups excluding carboxylic acids is 2. The number of hydrogen-bond acceptors (Lipinski definition) is 4. The number of hydrogen-bond donors (Lipinski definition) is 0. The zero-order valence-corrected chi connectivity index (χ0v) is 16.5. The fourth-order valence-corrected chi connectivity index (χ4v) is 3.19. The summed E-state index contributed by atoms with van der Waals surface area (Å²) in [5.41, 5.74) is 1.59. The highest BCUT2D eigenvalue weighted by Crippen LogP contribution is 2.22. The van der Waals surface area contributed by atoms with Gasteiger partial charge in [0.15, 0.2) is 0 Å². The molecule has 144 valence electrons. The molecule has 0 bridgehead atoms. The number of ether oxygens (including phenoxy) is 1. The van der Waals surface area contributed by atoms with Gasteiger partial charge in [-0.2, -0.15) is 5.10 Å². The zero-order valence-electron chi connectivity index (χ0n) is 15.7. The predicted octanol–water partition coefficient (Wildman–Crippen LogP) is 1.98. The van der Waals surface area contributed by atoms with Gasteiger partial charge in [0.25, 0.3) is 0 Å². The van der Waals surface area contributed by atoms with Crippen LogP contribution in [0.2, 0.25) is 5.15 Å². The Kier molecular flexibility index (Phi) is 7.66. The van der Waals surface area contributed by atoms with Crippen LogP contribution < -0.4 is 0 Å². The molecule has 1 aromatic heterocycles. The number of carbonyl (C=O) groups is 2. The molecular formula is C18H27ClN4O3. The highest BCUT2D eigenvalue weighted by Gasteiger charge is 2.23. The molecule has 1 aliphatic heterocycles. The monoisotopic (exact) mass is 382 g/mol. The number of unbranched alkanes of at least 4 members (excludes halogenated alkanes) is 1. The van der Waals surface area contributed by atoms with E-state index in [1.165, 1.54) is 13.2 Å². The van der Waals surface area contributed by atoms with Crippen molar-refractivity contribution in [2.45, 2.75) is 33.2 Å². The molecule has 0 aliphatic carbocycles. The SMILES string of the molecule is CCCCn1nc(C)c(/C=C/C(=O)N2CCN(C(=O)COC)CC2)c1Cl. The van der Waals surface area contributed by atoms with Crippen LogP contribution in [0, 0.1) is 6.92 Å². The van der Waals surface area contributed by atoms with Gasteiger partial charge < -0.3 is 14.5 Å². The summed E-state index contributed by atoms with van der Waals surface area (Å²) in [5, 5.41) is 5.00. The number of aryl methyl sites for hydroxylation is 2. The Bertz CT molecular complexity index is 664. The summed E-state index contributed by atoms with van der Waals surface area (Å²) >= 11 is 6.39. The first-order chi connectivity index (χ1) is 12.5. The van der Waals surface area contributed by atoms with Crippen LogP contribution in [0.1, 0.15) is 31.0 Å². The summed E-state index contributed by atoms with van der Waals surface area (Å²) in [4.78, 5) is 27.7. The lowest BCUT2D eigenvalue weighted by Gasteiger charge is -2.34. The molecule has 1 aromatic rings. The van der Waals surface area contributed by atoms with E-state index in [2.05, 4.69) is 12.0 Å². The van der Waals surface area contributed by atoms with E-state index in [9.17, 15) is 9.59 Å². The van der Waals surface area contributed by atoms with E-state index >= 15 is 0 Å². The van der Waals surface area contributed by atoms with Crippen molar-refractivity contribution in [1.82, 2.24) is 19.6 Å². The third-order valence-electron chi connectivity index (χ3n) is 4.44. The fourth-order valence-electron chi connectivity index (χ4n) is 2.86. The van der Waals surface area contributed by atoms with Crippen molar-refractivity contribution >= 4 is 29.5 Å². The summed E-state index contributed by atoms with van der Waals surface area (Å²) in [5.74, 6) is -0.127. The van der Waals surface area contributed by atoms with Crippen molar-refractivity contribution in [3.8, 4) is 0 Å². The lowest BCUT2D eigenvalue weighted by molar-refractivity contribution is -0.140. The van der Waals surface area contributed by atoms with E-state index in [0.29, 0.717) is 31.3 Å². The fraction of sp³-hybridized carbons (Fsp3) is 0.611. The molecule has 1 saturated heterocycles. The Balaban J connectivity index is 1.94. The molecular weight excluding hydrogens is 356 g/mol. The second-order valence-corrected chi connectivity index (χ2v) is 6.70. The Labute approximate surface area is 159 Å². The Morgan fingerprint density at radius 3 is 2.50 bits per heavy atom. The number of piperazine rings is 1. The van der Waals surface area contributed by atoms with E-state index in [4.69, 9.17) is 16.3 Å². The predicted molar refractivity (Wildman–Crippen MR) is 101 cm³/mol. The van der Waals surface area contributed by atoms with Crippen LogP contribution in [0.25, 0.3) is 6.08 Å². The molecule has 0 radical (unpaired) electrons. The minimum Gasteiger partial charge on any atom is -0.375 e. The van der Waals surface area contributed by atoms with Crippen LogP contribution in [-0.2, 0) is 20.9 Å². The number of amides is 2. The van der Waals surface area contributed by atoms with Crippen LogP contribution in [0.3, 0.4) is 0 Å². The number of methoxy groups -OCH3 is 1. The van der Waals surface area contributed by atoms with Gasteiger partial charge in [-0.05, 0) is 19.4 Å². The molecule has 1 aliphatic rings. The van der Waals surface area contributed by atoms with Crippen molar-refractivity contribution in [2.24, 2.45) is 0 Å². The molecule has 0 saturated carbocycles. The van der Waals surface area contributed by atoms with E-state index in [1.54, 1.807) is 20.6 Å². The van der Waals surface area contributed by atoms with Crippen molar-refractivity contribution in [3.63, 3.8) is 0 Å². The maximum Gasteiger partial charge on any atom is 0.248 e. The van der Waals surface area contributed by atoms with Crippen LogP contribution in [0.4, 0.5) is 0 Å². The average Bonchev–Trinajstić information content (AvgIpc) is 2.91. The molecule has 0 atom stereocenters. The summed E-state index contributed by atoms with van der Waals surface area (Å²) < 4.78 is 6.65. The second-order valence-electron chi connectivity index (χ2n) is 6.34. The first-order valence-electron chi connectivity index (χ1n) is 8.94. The Morgan fingerprint density at radius 2 is 1.88 bits per heavy atom. The molecule has 8 heteroatoms. The van der Waals surface area contributed by atoms with E-state index in [0.717, 1.165) is 30.6 Å². The smallest absolute Gasteiger partial charge is 0.248 e. The molecule has 0 spiro atoms. The first-order valence-corrected chi connectivity index (χ1v) is 9.32. The minimum absolute atomic E-state index is 0.0444. The van der Waals surface area contributed by atoms with Crippen molar-refractivity contribution < 1.29 is 14.3 Å². The van der Waals surface area contributed by atoms with Crippen LogP contribution in [0.15, 0.2) is 6.08 Å². The lowest BCUT2D eigenvalue weighted by atomic mass is 10.2. The van der Waals surface area contributed by atoms with Gasteiger partial charge in [-0.15, -0.1) is 0 Å². The van der Waals surface area contributed by atoms with Crippen molar-refractivity contribution in [2.75, 3.05) is 39.9 Å². The quantitative estimate of drug-likeness (QED) is 0.676. The van der Waals surface area contributed by atoms with Gasteiger partial charge in [-0.25, -0.2) is 0 Å². The molecule has 0 N–H and O–H groups in total. The third-order valence-corrected chi connectivity index (χ3v) is 4.84. The summed E-state index contributed by atoms with van der Waals surface area (Å²) in [6.45, 7) is 6.93. The highest BCUT2D eigenvalue weighted by molar-refractivity contribution is 6.31. The molecule has 7 nitrogen and oxygen atoms in total. The van der Waals surface area contributed by atoms with Gasteiger partial charge in [0.05, 0.1) is 5.69 Å². The molecule has 26 heavy (non-hydrogen) atoms. The third kappa shape index (κ3) is 5.08. The van der Waals surface area contributed by atoms with Crippen molar-refractivity contribution in [3.05, 3.63) is 22.5 Å². The van der Waals surface area contributed by atoms with Crippen LogP contribution in [-0.4, -0.2) is 71.3 Å². The number of halogens is 1. The molecule has 0 unspecified atom stereocenters. The lowest BCUT2D eigenvalue weighted by Crippen LogP contribution is -2.51. The molecule has 0 aromatic carbocycles. The number of aromatic nitrogens is 2. The maximum atomic E-state index is 12.4. The Hall–Kier alpha value is -1.86. The van der Waals surface area contributed by atoms with Crippen LogP contribution >= 0.6 is 11.6 Å². The van der Waals surface area contributed by atoms with E-state index in [1.807, 2.05) is 6.92 Å². The normalized spacial score (nSPS) is 15.1. The summed E-state index contributed by atoms with van der Waals surface area (Å²) in [7, 11) is 1.50. The van der Waals surface area contributed by atoms with Crippen LogP contribution in [0.5, 0.6) is 0 Å². The van der Waals surface area contributed by atoms with Crippen molar-refractivity contribution in [1.29, 1.82) is 0 Å². The second kappa shape index (κ2) is 9.73. The molecule has 1 fully saturated rings. The minimum atomic E-state index is -0.0828. The highest BCUT2D eigenvalue weighted by atomic mass is 35.5. The largest absolute Gasteiger partial charge is 0.375 e. The van der Waals surface area contributed by atoms with Gasteiger partial charge in [0.2, 0.25) is 11.8 Å². The first kappa shape index (κ1) is 20.5. The summed E-state index contributed by atoms with van der Waals surface area (Å²) in [6, 6.07) is 0. The van der Waals surface area contributed by atoms with Gasteiger partial charge >= 0.3 is 0 Å². The van der Waals surface area contributed by atoms with Gasteiger partial charge in [-0.1, -0.05) is 24.9 Å². The van der Waals surface area contributed by atoms with Gasteiger partial charge in [0, 0.05) is 51.5 Å². The van der Waals surface area contributed by atoms with Gasteiger partial charge in [-0.3, -0.25) is 14.3 Å². The van der Waals surface area contributed by atoms with E-state index < -0.39 is 0 Å².